The first-order valence-corrected chi connectivity index (χ1v) is 6.35. The summed E-state index contributed by atoms with van der Waals surface area (Å²) in [6.45, 7) is 10.3. The van der Waals surface area contributed by atoms with Gasteiger partial charge in [0.2, 0.25) is 0 Å². The molecule has 1 N–H and O–H groups in total. The highest BCUT2D eigenvalue weighted by molar-refractivity contribution is 5.93. The maximum absolute atomic E-state index is 11.9. The molecular weight excluding hydrogens is 248 g/mol. The molecule has 0 saturated carbocycles. The Morgan fingerprint density at radius 1 is 1.06 bits per heavy atom. The quantitative estimate of drug-likeness (QED) is 0.626. The minimum absolute atomic E-state index is 0. The molecule has 0 aromatic heterocycles. The Hall–Kier alpha value is -1.06. The maximum Gasteiger partial charge on any atom is 0.255 e. The Bertz CT molecular complexity index is 342. The lowest BCUT2D eigenvalue weighted by Crippen LogP contribution is -2.54. The summed E-state index contributed by atoms with van der Waals surface area (Å²) in [4.78, 5) is 11.9. The van der Waals surface area contributed by atoms with Gasteiger partial charge in [0, 0.05) is 5.56 Å². The summed E-state index contributed by atoms with van der Waals surface area (Å²) >= 11 is 0. The normalized spacial score (nSPS) is 10.6. The van der Waals surface area contributed by atoms with Crippen molar-refractivity contribution in [3.05, 3.63) is 35.9 Å². The van der Waals surface area contributed by atoms with E-state index in [9.17, 15) is 4.79 Å². The summed E-state index contributed by atoms with van der Waals surface area (Å²) in [5.41, 5.74) is 0.730. The minimum Gasteiger partial charge on any atom is -0.307 e. The largest absolute Gasteiger partial charge is 0.307 e. The fourth-order valence-electron chi connectivity index (χ4n) is 1.94. The van der Waals surface area contributed by atoms with Gasteiger partial charge in [0.1, 0.15) is 0 Å². The van der Waals surface area contributed by atoms with Crippen molar-refractivity contribution in [1.82, 2.24) is 5.32 Å². The number of nitrogens with one attached hydrogen (secondary N) is 1. The smallest absolute Gasteiger partial charge is 0.255 e. The fraction of sp³-hybridized carbons (Fsp3) is 0.500. The van der Waals surface area contributed by atoms with Gasteiger partial charge in [-0.25, -0.2) is 0 Å². The van der Waals surface area contributed by atoms with E-state index in [0.29, 0.717) is 6.67 Å². The summed E-state index contributed by atoms with van der Waals surface area (Å²) in [5.74, 6) is 0.0171. The van der Waals surface area contributed by atoms with Gasteiger partial charge in [-0.2, -0.15) is 0 Å². The van der Waals surface area contributed by atoms with Gasteiger partial charge in [-0.05, 0) is 32.9 Å². The molecule has 0 heterocycles. The molecule has 1 rings (SSSR count). The van der Waals surface area contributed by atoms with Crippen LogP contribution in [0.1, 0.15) is 31.1 Å². The van der Waals surface area contributed by atoms with Crippen LogP contribution in [0.5, 0.6) is 0 Å². The summed E-state index contributed by atoms with van der Waals surface area (Å²) in [7, 11) is 0. The molecule has 0 radical (unpaired) electrons. The van der Waals surface area contributed by atoms with Crippen molar-refractivity contribution in [1.29, 1.82) is 0 Å². The van der Waals surface area contributed by atoms with Gasteiger partial charge < -0.3 is 9.80 Å². The SMILES string of the molecule is CC[N+](CC)(CC)CNC(=O)c1ccccc1.Cl. The number of benzene rings is 1. The predicted octanol–water partition coefficient (Wildman–Crippen LogP) is 2.67. The summed E-state index contributed by atoms with van der Waals surface area (Å²) in [6.07, 6.45) is 0. The highest BCUT2D eigenvalue weighted by atomic mass is 35.5. The summed E-state index contributed by atoms with van der Waals surface area (Å²) in [6, 6.07) is 9.37. The molecule has 0 spiro atoms. The standard InChI is InChI=1S/C14H22N2O.ClH/c1-4-16(5-2,6-3)12-15-14(17)13-10-8-7-9-11-13;/h7-11H,4-6,12H2,1-3H3;1H/p+1. The summed E-state index contributed by atoms with van der Waals surface area (Å²) in [5, 5.41) is 3.03. The first kappa shape index (κ1) is 16.9. The molecule has 18 heavy (non-hydrogen) atoms. The average molecular weight is 272 g/mol. The van der Waals surface area contributed by atoms with Crippen LogP contribution in [0.25, 0.3) is 0 Å². The third-order valence-electron chi connectivity index (χ3n) is 3.62. The molecule has 0 unspecified atom stereocenters. The van der Waals surface area contributed by atoms with Crippen LogP contribution in [-0.4, -0.2) is 36.7 Å². The van der Waals surface area contributed by atoms with Gasteiger partial charge >= 0.3 is 0 Å². The van der Waals surface area contributed by atoms with Gasteiger partial charge in [-0.3, -0.25) is 4.79 Å². The number of nitrogens with zero attached hydrogens (tertiary/aromatic N) is 1. The van der Waals surface area contributed by atoms with Crippen LogP contribution in [0, 0.1) is 0 Å². The van der Waals surface area contributed by atoms with E-state index in [-0.39, 0.29) is 18.3 Å². The van der Waals surface area contributed by atoms with E-state index >= 15 is 0 Å². The molecule has 0 aliphatic rings. The van der Waals surface area contributed by atoms with Crippen LogP contribution in [0.2, 0.25) is 0 Å². The Balaban J connectivity index is 0.00000289. The minimum atomic E-state index is 0. The van der Waals surface area contributed by atoms with Crippen molar-refractivity contribution in [3.63, 3.8) is 0 Å². The number of quaternary nitrogens is 1. The Kier molecular flexibility index (Phi) is 7.64. The summed E-state index contributed by atoms with van der Waals surface area (Å²) < 4.78 is 0.929. The van der Waals surface area contributed by atoms with E-state index in [1.165, 1.54) is 0 Å². The lowest BCUT2D eigenvalue weighted by molar-refractivity contribution is -0.924. The topological polar surface area (TPSA) is 29.1 Å². The zero-order valence-electron chi connectivity index (χ0n) is 11.5. The second-order valence-electron chi connectivity index (χ2n) is 4.32. The van der Waals surface area contributed by atoms with E-state index in [1.807, 2.05) is 30.3 Å². The van der Waals surface area contributed by atoms with E-state index in [1.54, 1.807) is 0 Å². The van der Waals surface area contributed by atoms with Gasteiger partial charge in [0.05, 0.1) is 19.6 Å². The highest BCUT2D eigenvalue weighted by Gasteiger charge is 2.21. The lowest BCUT2D eigenvalue weighted by Gasteiger charge is -2.35. The van der Waals surface area contributed by atoms with Crippen LogP contribution in [0.4, 0.5) is 0 Å². The second-order valence-corrected chi connectivity index (χ2v) is 4.32. The van der Waals surface area contributed by atoms with E-state index in [2.05, 4.69) is 26.1 Å². The number of carbonyl (C=O) groups is 1. The number of hydrogen-bond acceptors (Lipinski definition) is 1. The Morgan fingerprint density at radius 3 is 2.00 bits per heavy atom. The molecule has 0 bridgehead atoms. The van der Waals surface area contributed by atoms with Crippen LogP contribution in [0.15, 0.2) is 30.3 Å². The number of carbonyl (C=O) groups excluding carboxylic acids is 1. The third-order valence-corrected chi connectivity index (χ3v) is 3.62. The molecule has 0 saturated heterocycles. The Labute approximate surface area is 116 Å². The highest BCUT2D eigenvalue weighted by Crippen LogP contribution is 2.04. The molecule has 1 aromatic carbocycles. The van der Waals surface area contributed by atoms with Crippen molar-refractivity contribution in [2.24, 2.45) is 0 Å². The molecule has 102 valence electrons. The van der Waals surface area contributed by atoms with Crippen LogP contribution >= 0.6 is 12.4 Å². The van der Waals surface area contributed by atoms with E-state index < -0.39 is 0 Å². The van der Waals surface area contributed by atoms with Crippen LogP contribution < -0.4 is 5.32 Å². The molecule has 0 fully saturated rings. The van der Waals surface area contributed by atoms with E-state index in [0.717, 1.165) is 29.7 Å². The molecule has 1 amide bonds. The zero-order valence-corrected chi connectivity index (χ0v) is 12.3. The van der Waals surface area contributed by atoms with Gasteiger partial charge in [0.25, 0.3) is 5.91 Å². The van der Waals surface area contributed by atoms with Crippen molar-refractivity contribution < 1.29 is 9.28 Å². The van der Waals surface area contributed by atoms with Gasteiger partial charge in [-0.15, -0.1) is 12.4 Å². The van der Waals surface area contributed by atoms with E-state index in [4.69, 9.17) is 0 Å². The van der Waals surface area contributed by atoms with Gasteiger partial charge in [0.15, 0.2) is 6.67 Å². The first-order chi connectivity index (χ1) is 8.17. The first-order valence-electron chi connectivity index (χ1n) is 6.35. The van der Waals surface area contributed by atoms with Crippen LogP contribution in [-0.2, 0) is 0 Å². The third kappa shape index (κ3) is 4.31. The fourth-order valence-corrected chi connectivity index (χ4v) is 1.94. The number of rotatable bonds is 6. The second kappa shape index (κ2) is 8.11. The molecule has 0 aliphatic heterocycles. The Morgan fingerprint density at radius 2 is 1.56 bits per heavy atom. The maximum atomic E-state index is 11.9. The zero-order chi connectivity index (χ0) is 12.7. The molecule has 1 aromatic rings. The van der Waals surface area contributed by atoms with Gasteiger partial charge in [-0.1, -0.05) is 18.2 Å². The molecule has 4 heteroatoms. The number of hydrogen-bond donors (Lipinski definition) is 1. The van der Waals surface area contributed by atoms with Crippen molar-refractivity contribution in [2.45, 2.75) is 20.8 Å². The number of amides is 1. The molecule has 0 aliphatic carbocycles. The molecule has 0 atom stereocenters. The van der Waals surface area contributed by atoms with Crippen molar-refractivity contribution in [2.75, 3.05) is 26.3 Å². The molecule has 3 nitrogen and oxygen atoms in total. The lowest BCUT2D eigenvalue weighted by atomic mass is 10.2. The number of halogens is 1. The van der Waals surface area contributed by atoms with Crippen LogP contribution in [0.3, 0.4) is 0 Å². The predicted molar refractivity (Wildman–Crippen MR) is 77.9 cm³/mol. The average Bonchev–Trinajstić information content (AvgIpc) is 2.41. The van der Waals surface area contributed by atoms with Crippen molar-refractivity contribution >= 4 is 18.3 Å². The monoisotopic (exact) mass is 271 g/mol. The van der Waals surface area contributed by atoms with Crippen molar-refractivity contribution in [3.8, 4) is 0 Å². The molecular formula is C14H24ClN2O+.